The van der Waals surface area contributed by atoms with E-state index in [1.165, 1.54) is 116 Å². The molecule has 2 atom stereocenters. The summed E-state index contributed by atoms with van der Waals surface area (Å²) in [6, 6.07) is 0. The third-order valence-corrected chi connectivity index (χ3v) is 8.01. The molecule has 0 aliphatic heterocycles. The molecule has 0 aliphatic rings. The fourth-order valence-corrected chi connectivity index (χ4v) is 5.09. The molecule has 0 heterocycles. The highest BCUT2D eigenvalue weighted by molar-refractivity contribution is 5.73. The minimum Gasteiger partial charge on any atom is -0.388 e. The average Bonchev–Trinajstić information content (AvgIpc) is 3.01. The van der Waals surface area contributed by atoms with E-state index < -0.39 is 43.5 Å². The quantitative estimate of drug-likeness (QED) is 0.0365. The van der Waals surface area contributed by atoms with Gasteiger partial charge in [-0.3, -0.25) is 9.78 Å². The molecule has 0 spiro atoms. The summed E-state index contributed by atoms with van der Waals surface area (Å²) in [7, 11) is 0. The van der Waals surface area contributed by atoms with Gasteiger partial charge in [0.15, 0.2) is 12.2 Å². The lowest BCUT2D eigenvalue weighted by Gasteiger charge is -2.13. The van der Waals surface area contributed by atoms with Crippen molar-refractivity contribution in [1.29, 1.82) is 0 Å². The molecule has 3 N–H and O–H groups in total. The third-order valence-electron chi connectivity index (χ3n) is 8.01. The molecule has 2 unspecified atom stereocenters. The van der Waals surface area contributed by atoms with Crippen molar-refractivity contribution in [2.45, 2.75) is 199 Å². The molecule has 0 fully saturated rings. The van der Waals surface area contributed by atoms with Crippen molar-refractivity contribution in [1.82, 2.24) is 0 Å². The van der Waals surface area contributed by atoms with Crippen LogP contribution in [0.25, 0.3) is 0 Å². The van der Waals surface area contributed by atoms with Crippen LogP contribution in [0.3, 0.4) is 0 Å². The fourth-order valence-electron chi connectivity index (χ4n) is 5.09. The van der Waals surface area contributed by atoms with Crippen LogP contribution in [0.15, 0.2) is 0 Å². The predicted octanol–water partition coefficient (Wildman–Crippen LogP) is 8.20. The van der Waals surface area contributed by atoms with E-state index in [2.05, 4.69) is 23.6 Å². The molecule has 0 bridgehead atoms. The van der Waals surface area contributed by atoms with Gasteiger partial charge in [-0.1, -0.05) is 168 Å². The number of hydrogen-bond donors (Lipinski definition) is 3. The maximum absolute atomic E-state index is 11.9. The van der Waals surface area contributed by atoms with Crippen molar-refractivity contribution in [3.63, 3.8) is 0 Å². The molecule has 44 heavy (non-hydrogen) atoms. The van der Waals surface area contributed by atoms with Gasteiger partial charge in [0.25, 0.3) is 0 Å². The molecule has 9 nitrogen and oxygen atoms in total. The highest BCUT2D eigenvalue weighted by atomic mass is 17.2. The average molecular weight is 633 g/mol. The van der Waals surface area contributed by atoms with Gasteiger partial charge >= 0.3 is 11.9 Å². The van der Waals surface area contributed by atoms with Crippen LogP contribution < -0.4 is 0 Å². The Kier molecular flexibility index (Phi) is 32.2. The van der Waals surface area contributed by atoms with Crippen LogP contribution in [-0.2, 0) is 29.1 Å². The summed E-state index contributed by atoms with van der Waals surface area (Å²) in [6.45, 7) is 3.62. The summed E-state index contributed by atoms with van der Waals surface area (Å²) in [5.41, 5.74) is 0. The first-order valence-corrected chi connectivity index (χ1v) is 18.1. The van der Waals surface area contributed by atoms with E-state index >= 15 is 0 Å². The first-order chi connectivity index (χ1) is 21.4. The number of unbranched alkanes of at least 4 members (excludes halogenated alkanes) is 22. The molecule has 0 saturated carbocycles. The smallest absolute Gasteiger partial charge is 0.370 e. The SMILES string of the molecule is CCCCCCCCCCCCCCC(O)C(=O)OOCC(O)COOC(=O)C(O)CCCCCCCCCCCCCC. The van der Waals surface area contributed by atoms with Gasteiger partial charge in [0.1, 0.15) is 19.3 Å². The first-order valence-electron chi connectivity index (χ1n) is 18.1. The second kappa shape index (κ2) is 33.1. The summed E-state index contributed by atoms with van der Waals surface area (Å²) in [5, 5.41) is 29.7. The van der Waals surface area contributed by atoms with Gasteiger partial charge in [0.05, 0.1) is 0 Å². The van der Waals surface area contributed by atoms with Crippen LogP contribution in [0.4, 0.5) is 0 Å². The summed E-state index contributed by atoms with van der Waals surface area (Å²) in [6.07, 6.45) is 25.6. The summed E-state index contributed by atoms with van der Waals surface area (Å²) >= 11 is 0. The molecule has 0 radical (unpaired) electrons. The largest absolute Gasteiger partial charge is 0.388 e. The van der Waals surface area contributed by atoms with Gasteiger partial charge in [-0.15, -0.1) is 0 Å². The molecule has 0 amide bonds. The molecule has 0 aromatic carbocycles. The van der Waals surface area contributed by atoms with Crippen LogP contribution in [-0.4, -0.2) is 58.8 Å². The molecule has 0 aliphatic carbocycles. The molecule has 0 aromatic heterocycles. The molecule has 9 heteroatoms. The van der Waals surface area contributed by atoms with Crippen LogP contribution in [0.5, 0.6) is 0 Å². The minimum absolute atomic E-state index is 0.294. The summed E-state index contributed by atoms with van der Waals surface area (Å²) in [5.74, 6) is -1.82. The Bertz CT molecular complexity index is 579. The molecule has 262 valence electrons. The van der Waals surface area contributed by atoms with Crippen molar-refractivity contribution >= 4 is 11.9 Å². The number of carbonyl (C=O) groups excluding carboxylic acids is 2. The molecular formula is C35H68O9. The van der Waals surface area contributed by atoms with Gasteiger partial charge in [0, 0.05) is 0 Å². The van der Waals surface area contributed by atoms with Crippen LogP contribution in [0.2, 0.25) is 0 Å². The second-order valence-corrected chi connectivity index (χ2v) is 12.4. The van der Waals surface area contributed by atoms with Crippen LogP contribution in [0, 0.1) is 0 Å². The normalized spacial score (nSPS) is 13.5. The van der Waals surface area contributed by atoms with E-state index in [4.69, 9.17) is 9.78 Å². The highest BCUT2D eigenvalue weighted by Gasteiger charge is 2.20. The van der Waals surface area contributed by atoms with Crippen LogP contribution in [0.1, 0.15) is 181 Å². The first kappa shape index (κ1) is 42.7. The van der Waals surface area contributed by atoms with E-state index in [-0.39, 0.29) is 0 Å². The molecule has 0 saturated heterocycles. The van der Waals surface area contributed by atoms with Crippen molar-refractivity contribution in [2.24, 2.45) is 0 Å². The zero-order valence-corrected chi connectivity index (χ0v) is 28.3. The predicted molar refractivity (Wildman–Crippen MR) is 173 cm³/mol. The van der Waals surface area contributed by atoms with E-state index in [0.29, 0.717) is 12.8 Å². The van der Waals surface area contributed by atoms with Crippen molar-refractivity contribution in [3.8, 4) is 0 Å². The standard InChI is InChI=1S/C35H68O9/c1-3-5-7-9-11-13-15-17-19-21-23-25-27-32(37)34(39)43-41-29-31(36)30-42-44-35(40)33(38)28-26-24-22-20-18-16-14-12-10-8-6-4-2/h31-33,36-38H,3-30H2,1-2H3. The third kappa shape index (κ3) is 29.5. The van der Waals surface area contributed by atoms with E-state index in [1.807, 2.05) is 0 Å². The van der Waals surface area contributed by atoms with Gasteiger partial charge in [0.2, 0.25) is 0 Å². The number of hydrogen-bond acceptors (Lipinski definition) is 9. The van der Waals surface area contributed by atoms with Crippen LogP contribution >= 0.6 is 0 Å². The Hall–Kier alpha value is -1.26. The van der Waals surface area contributed by atoms with Gasteiger partial charge < -0.3 is 15.3 Å². The molecular weight excluding hydrogens is 564 g/mol. The Labute approximate surface area is 268 Å². The van der Waals surface area contributed by atoms with Crippen molar-refractivity contribution in [3.05, 3.63) is 0 Å². The van der Waals surface area contributed by atoms with E-state index in [1.54, 1.807) is 0 Å². The maximum Gasteiger partial charge on any atom is 0.370 e. The number of aliphatic hydroxyl groups excluding tert-OH is 3. The second-order valence-electron chi connectivity index (χ2n) is 12.4. The number of aliphatic hydroxyl groups is 3. The highest BCUT2D eigenvalue weighted by Crippen LogP contribution is 2.15. The number of rotatable bonds is 34. The Morgan fingerprint density at radius 2 is 0.682 bits per heavy atom. The molecule has 0 rings (SSSR count). The van der Waals surface area contributed by atoms with Crippen molar-refractivity contribution in [2.75, 3.05) is 13.2 Å². The fraction of sp³-hybridized carbons (Fsp3) is 0.943. The van der Waals surface area contributed by atoms with E-state index in [9.17, 15) is 24.9 Å². The lowest BCUT2D eigenvalue weighted by molar-refractivity contribution is -0.310. The Morgan fingerprint density at radius 3 is 0.955 bits per heavy atom. The lowest BCUT2D eigenvalue weighted by Crippen LogP contribution is -2.28. The summed E-state index contributed by atoms with van der Waals surface area (Å²) in [4.78, 5) is 42.2. The maximum atomic E-state index is 11.9. The zero-order valence-electron chi connectivity index (χ0n) is 28.3. The Balaban J connectivity index is 3.60. The van der Waals surface area contributed by atoms with E-state index in [0.717, 1.165) is 38.5 Å². The molecule has 0 aromatic rings. The minimum atomic E-state index is -1.28. The van der Waals surface area contributed by atoms with Gasteiger partial charge in [-0.25, -0.2) is 9.59 Å². The number of carbonyl (C=O) groups is 2. The summed E-state index contributed by atoms with van der Waals surface area (Å²) < 4.78 is 0. The van der Waals surface area contributed by atoms with Crippen molar-refractivity contribution < 1.29 is 44.5 Å². The topological polar surface area (TPSA) is 132 Å². The van der Waals surface area contributed by atoms with Gasteiger partial charge in [-0.2, -0.15) is 9.78 Å². The van der Waals surface area contributed by atoms with Gasteiger partial charge in [-0.05, 0) is 12.8 Å². The Morgan fingerprint density at radius 1 is 0.432 bits per heavy atom. The monoisotopic (exact) mass is 632 g/mol. The lowest BCUT2D eigenvalue weighted by atomic mass is 10.0. The zero-order chi connectivity index (χ0) is 32.5.